The fourth-order valence-electron chi connectivity index (χ4n) is 4.51. The highest BCUT2D eigenvalue weighted by Crippen LogP contribution is 2.41. The Hall–Kier alpha value is -0.546. The molecule has 0 aliphatic carbocycles. The van der Waals surface area contributed by atoms with Gasteiger partial charge in [-0.15, -0.1) is 0 Å². The molecule has 6 nitrogen and oxygen atoms in total. The van der Waals surface area contributed by atoms with E-state index in [4.69, 9.17) is 13.6 Å². The number of hydrogen-bond donors (Lipinski definition) is 1. The molecule has 0 heterocycles. The largest absolute Gasteiger partial charge is 0.460 e. The molecular formula is C29H60O6Si2. The highest BCUT2D eigenvalue weighted by molar-refractivity contribution is 6.74. The van der Waals surface area contributed by atoms with Crippen LogP contribution in [0.3, 0.4) is 0 Å². The summed E-state index contributed by atoms with van der Waals surface area (Å²) < 4.78 is 19.3. The van der Waals surface area contributed by atoms with Gasteiger partial charge in [-0.05, 0) is 57.0 Å². The molecule has 0 saturated heterocycles. The van der Waals surface area contributed by atoms with Crippen molar-refractivity contribution in [3.05, 3.63) is 0 Å². The molecule has 1 N–H and O–H groups in total. The standard InChI is InChI=1S/C29H60O6Si2/c1-16-37(17-2,18-3)34-23(19-24(31)33-27(6,7)8)29(12,13)26(32)22(5)25(21(4)20-30)35-36(14,15)28(9,10)11/h21-23,25,30H,16-20H2,1-15H3/t21-,22+,23-,25-/m0/s1. The number of aliphatic hydroxyl groups is 1. The molecule has 0 aliphatic heterocycles. The van der Waals surface area contributed by atoms with E-state index in [-0.39, 0.29) is 35.7 Å². The molecule has 37 heavy (non-hydrogen) atoms. The molecule has 0 aromatic rings. The van der Waals surface area contributed by atoms with Crippen LogP contribution in [0.1, 0.15) is 96.4 Å². The van der Waals surface area contributed by atoms with E-state index in [0.29, 0.717) is 0 Å². The summed E-state index contributed by atoms with van der Waals surface area (Å²) in [6, 6.07) is 2.76. The molecule has 0 bridgehead atoms. The van der Waals surface area contributed by atoms with Crippen LogP contribution in [0.5, 0.6) is 0 Å². The van der Waals surface area contributed by atoms with E-state index in [9.17, 15) is 14.7 Å². The van der Waals surface area contributed by atoms with Crippen LogP contribution >= 0.6 is 0 Å². The monoisotopic (exact) mass is 560 g/mol. The lowest BCUT2D eigenvalue weighted by Crippen LogP contribution is -2.54. The first kappa shape index (κ1) is 36.5. The highest BCUT2D eigenvalue weighted by atomic mass is 28.4. The quantitative estimate of drug-likeness (QED) is 0.166. The van der Waals surface area contributed by atoms with Gasteiger partial charge in [0.05, 0.1) is 18.6 Å². The zero-order chi connectivity index (χ0) is 29.6. The number of carbonyl (C=O) groups excluding carboxylic acids is 2. The maximum atomic E-state index is 14.3. The number of carbonyl (C=O) groups is 2. The molecule has 0 fully saturated rings. The molecule has 0 unspecified atom stereocenters. The van der Waals surface area contributed by atoms with E-state index in [1.165, 1.54) is 0 Å². The highest BCUT2D eigenvalue weighted by Gasteiger charge is 2.49. The van der Waals surface area contributed by atoms with Gasteiger partial charge >= 0.3 is 5.97 Å². The van der Waals surface area contributed by atoms with Crippen molar-refractivity contribution in [3.8, 4) is 0 Å². The first-order chi connectivity index (χ1) is 16.5. The van der Waals surface area contributed by atoms with Crippen LogP contribution in [0.25, 0.3) is 0 Å². The lowest BCUT2D eigenvalue weighted by Gasteiger charge is -2.45. The summed E-state index contributed by atoms with van der Waals surface area (Å²) in [7, 11) is -4.35. The van der Waals surface area contributed by atoms with Crippen LogP contribution < -0.4 is 0 Å². The lowest BCUT2D eigenvalue weighted by molar-refractivity contribution is -0.159. The summed E-state index contributed by atoms with van der Waals surface area (Å²) >= 11 is 0. The van der Waals surface area contributed by atoms with E-state index >= 15 is 0 Å². The van der Waals surface area contributed by atoms with Gasteiger partial charge in [-0.25, -0.2) is 0 Å². The minimum absolute atomic E-state index is 0.00345. The fraction of sp³-hybridized carbons (Fsp3) is 0.931. The van der Waals surface area contributed by atoms with Gasteiger partial charge < -0.3 is 18.7 Å². The van der Waals surface area contributed by atoms with Crippen LogP contribution in [-0.4, -0.2) is 57.9 Å². The zero-order valence-electron chi connectivity index (χ0n) is 26.8. The summed E-state index contributed by atoms with van der Waals surface area (Å²) in [5.74, 6) is -1.03. The van der Waals surface area contributed by atoms with Gasteiger partial charge in [0.25, 0.3) is 0 Å². The fourth-order valence-corrected chi connectivity index (χ4v) is 8.96. The summed E-state index contributed by atoms with van der Waals surface area (Å²) in [5, 5.41) is 10.0. The van der Waals surface area contributed by atoms with Crippen molar-refractivity contribution in [3.63, 3.8) is 0 Å². The zero-order valence-corrected chi connectivity index (χ0v) is 28.8. The van der Waals surface area contributed by atoms with Crippen LogP contribution in [0.4, 0.5) is 0 Å². The minimum Gasteiger partial charge on any atom is -0.460 e. The van der Waals surface area contributed by atoms with Gasteiger partial charge in [0.1, 0.15) is 11.4 Å². The van der Waals surface area contributed by atoms with Crippen LogP contribution in [0, 0.1) is 17.3 Å². The number of ketones is 1. The lowest BCUT2D eigenvalue weighted by atomic mass is 9.73. The molecule has 0 saturated carbocycles. The Morgan fingerprint density at radius 2 is 1.30 bits per heavy atom. The average molecular weight is 561 g/mol. The average Bonchev–Trinajstić information content (AvgIpc) is 2.76. The minimum atomic E-state index is -2.21. The Labute approximate surface area is 230 Å². The number of aliphatic hydroxyl groups excluding tert-OH is 1. The molecule has 0 aromatic heterocycles. The van der Waals surface area contributed by atoms with Gasteiger partial charge in [0.15, 0.2) is 16.6 Å². The molecule has 0 aromatic carbocycles. The van der Waals surface area contributed by atoms with Gasteiger partial charge in [0, 0.05) is 23.9 Å². The normalized spacial score (nSPS) is 17.2. The number of rotatable bonds is 15. The molecule has 0 rings (SSSR count). The summed E-state index contributed by atoms with van der Waals surface area (Å²) in [4.78, 5) is 27.3. The van der Waals surface area contributed by atoms with Gasteiger partial charge in [-0.3, -0.25) is 9.59 Å². The Morgan fingerprint density at radius 1 is 0.838 bits per heavy atom. The second-order valence-corrected chi connectivity index (χ2v) is 23.5. The van der Waals surface area contributed by atoms with E-state index in [1.54, 1.807) is 0 Å². The maximum Gasteiger partial charge on any atom is 0.308 e. The third kappa shape index (κ3) is 10.2. The molecule has 4 atom stereocenters. The Balaban J connectivity index is 6.42. The SMILES string of the molecule is CC[Si](CC)(CC)O[C@@H](CC(=O)OC(C)(C)C)C(C)(C)C(=O)[C@H](C)[C@@H](O[Si](C)(C)C(C)(C)C)[C@@H](C)CO. The van der Waals surface area contributed by atoms with Gasteiger partial charge in [-0.2, -0.15) is 0 Å². The summed E-state index contributed by atoms with van der Waals surface area (Å²) in [6.45, 7) is 30.4. The maximum absolute atomic E-state index is 14.3. The number of Topliss-reactive ketones (excluding diaryl/α,β-unsaturated/α-hetero) is 1. The molecule has 220 valence electrons. The third-order valence-electron chi connectivity index (χ3n) is 8.53. The van der Waals surface area contributed by atoms with Crippen LogP contribution in [0.2, 0.25) is 36.3 Å². The van der Waals surface area contributed by atoms with Crippen LogP contribution in [-0.2, 0) is 23.2 Å². The third-order valence-corrected chi connectivity index (χ3v) is 17.7. The topological polar surface area (TPSA) is 82.1 Å². The first-order valence-corrected chi connectivity index (χ1v) is 19.7. The molecule has 0 amide bonds. The van der Waals surface area contributed by atoms with Crippen molar-refractivity contribution in [2.24, 2.45) is 17.3 Å². The van der Waals surface area contributed by atoms with Crippen molar-refractivity contribution < 1.29 is 28.3 Å². The van der Waals surface area contributed by atoms with Crippen LogP contribution in [0.15, 0.2) is 0 Å². The van der Waals surface area contributed by atoms with E-state index in [1.807, 2.05) is 48.5 Å². The predicted molar refractivity (Wildman–Crippen MR) is 159 cm³/mol. The van der Waals surface area contributed by atoms with Crippen molar-refractivity contribution >= 4 is 28.4 Å². The number of esters is 1. The Kier molecular flexibility index (Phi) is 13.5. The van der Waals surface area contributed by atoms with Crippen molar-refractivity contribution in [2.45, 2.75) is 151 Å². The van der Waals surface area contributed by atoms with Crippen molar-refractivity contribution in [2.75, 3.05) is 6.61 Å². The number of hydrogen-bond acceptors (Lipinski definition) is 6. The molecule has 0 aliphatic rings. The van der Waals surface area contributed by atoms with Crippen molar-refractivity contribution in [1.29, 1.82) is 0 Å². The second kappa shape index (κ2) is 13.7. The summed E-state index contributed by atoms with van der Waals surface area (Å²) in [6.07, 6.45) is -0.993. The first-order valence-electron chi connectivity index (χ1n) is 14.3. The molecule has 0 spiro atoms. The van der Waals surface area contributed by atoms with E-state index in [2.05, 4.69) is 54.6 Å². The van der Waals surface area contributed by atoms with E-state index in [0.717, 1.165) is 18.1 Å². The van der Waals surface area contributed by atoms with Crippen molar-refractivity contribution in [1.82, 2.24) is 0 Å². The Bertz CT molecular complexity index is 723. The summed E-state index contributed by atoms with van der Waals surface area (Å²) in [5.41, 5.74) is -1.56. The Morgan fingerprint density at radius 3 is 1.65 bits per heavy atom. The molecule has 8 heteroatoms. The predicted octanol–water partition coefficient (Wildman–Crippen LogP) is 7.36. The molecule has 0 radical (unpaired) electrons. The second-order valence-electron chi connectivity index (χ2n) is 14.0. The van der Waals surface area contributed by atoms with E-state index < -0.39 is 45.8 Å². The van der Waals surface area contributed by atoms with Gasteiger partial charge in [-0.1, -0.05) is 69.2 Å². The molecular weight excluding hydrogens is 500 g/mol. The van der Waals surface area contributed by atoms with Gasteiger partial charge in [0.2, 0.25) is 0 Å². The number of ether oxygens (including phenoxy) is 1. The smallest absolute Gasteiger partial charge is 0.308 e.